The third-order valence-corrected chi connectivity index (χ3v) is 6.58. The molecule has 1 saturated heterocycles. The van der Waals surface area contributed by atoms with E-state index in [1.54, 1.807) is 36.4 Å². The molecule has 34 heavy (non-hydrogen) atoms. The normalized spacial score (nSPS) is 28.8. The van der Waals surface area contributed by atoms with E-state index in [1.165, 1.54) is 4.58 Å². The largest absolute Gasteiger partial charge is 0.456 e. The number of rotatable bonds is 5. The number of guanidine groups is 2. The Bertz CT molecular complexity index is 1180. The number of aliphatic hydroxyl groups is 2. The van der Waals surface area contributed by atoms with Gasteiger partial charge in [-0.05, 0) is 30.7 Å². The summed E-state index contributed by atoms with van der Waals surface area (Å²) in [4.78, 5) is 17.6. The van der Waals surface area contributed by atoms with Crippen LogP contribution in [0.4, 0.5) is 0 Å². The summed E-state index contributed by atoms with van der Waals surface area (Å²) in [6.07, 6.45) is -0.763. The summed E-state index contributed by atoms with van der Waals surface area (Å²) >= 11 is 0. The number of carbonyl (C=O) groups excluding carboxylic acids is 1. The molecule has 1 spiro atoms. The number of nitrogens with two attached hydrogens (primary N) is 2. The average molecular weight is 468 g/mol. The lowest BCUT2D eigenvalue weighted by Gasteiger charge is -2.43. The van der Waals surface area contributed by atoms with Crippen LogP contribution < -0.4 is 26.8 Å². The van der Waals surface area contributed by atoms with Crippen LogP contribution in [0.25, 0.3) is 0 Å². The highest BCUT2D eigenvalue weighted by Gasteiger charge is 2.75. The fraction of sp³-hybridized carbons (Fsp3) is 0.348. The zero-order valence-electron chi connectivity index (χ0n) is 18.5. The first-order chi connectivity index (χ1) is 16.3. The molecule has 0 bridgehead atoms. The second-order valence-corrected chi connectivity index (χ2v) is 8.54. The highest BCUT2D eigenvalue weighted by molar-refractivity contribution is 5.93. The van der Waals surface area contributed by atoms with Crippen molar-refractivity contribution in [1.82, 2.24) is 10.6 Å². The van der Waals surface area contributed by atoms with Gasteiger partial charge < -0.3 is 30.7 Å². The molecule has 3 aliphatic rings. The van der Waals surface area contributed by atoms with Crippen molar-refractivity contribution >= 4 is 17.9 Å². The maximum absolute atomic E-state index is 13.2. The molecule has 3 heterocycles. The maximum atomic E-state index is 13.2. The van der Waals surface area contributed by atoms with Gasteiger partial charge >= 0.3 is 11.9 Å². The summed E-state index contributed by atoms with van der Waals surface area (Å²) in [6.45, 7) is 1.83. The number of esters is 1. The maximum Gasteiger partial charge on any atom is 0.346 e. The molecule has 178 valence electrons. The summed E-state index contributed by atoms with van der Waals surface area (Å²) in [5, 5.41) is 28.8. The van der Waals surface area contributed by atoms with Crippen molar-refractivity contribution < 1.29 is 29.1 Å². The van der Waals surface area contributed by atoms with Crippen LogP contribution in [0.2, 0.25) is 0 Å². The molecular weight excluding hydrogens is 440 g/mol. The van der Waals surface area contributed by atoms with Crippen LogP contribution in [-0.2, 0) is 4.74 Å². The molecule has 11 heteroatoms. The Kier molecular flexibility index (Phi) is 5.10. The van der Waals surface area contributed by atoms with Gasteiger partial charge in [-0.3, -0.25) is 11.1 Å². The van der Waals surface area contributed by atoms with Crippen LogP contribution in [0.15, 0.2) is 59.6 Å². The minimum atomic E-state index is -2.56. The summed E-state index contributed by atoms with van der Waals surface area (Å²) in [6, 6.07) is 14.6. The zero-order chi connectivity index (χ0) is 24.1. The Hall–Kier alpha value is -3.83. The Balaban J connectivity index is 1.45. The number of carbonyl (C=O) groups is 1. The molecule has 2 aromatic carbocycles. The smallest absolute Gasteiger partial charge is 0.346 e. The Morgan fingerprint density at radius 2 is 1.88 bits per heavy atom. The lowest BCUT2D eigenvalue weighted by atomic mass is 9.85. The van der Waals surface area contributed by atoms with E-state index in [0.29, 0.717) is 12.2 Å². The Labute approximate surface area is 195 Å². The fourth-order valence-corrected chi connectivity index (χ4v) is 4.96. The van der Waals surface area contributed by atoms with Crippen LogP contribution in [0.3, 0.4) is 0 Å². The van der Waals surface area contributed by atoms with Crippen LogP contribution in [-0.4, -0.2) is 68.9 Å². The standard InChI is InChI=1S/C23H26N6O5/c1-2-15-18-22(28-20(24)27-18)23(31,32)17(12-29(22)21(25)26-15)34-19(30)14-10-6-7-11-16(14)33-13-8-4-3-5-9-13/h3-11,15,17-18,31-32H,2,12H2,1H3,(H5,24,25,26,27,28)/p+1/t15-,17-,18-,22-/m0/s1. The predicted molar refractivity (Wildman–Crippen MR) is 122 cm³/mol. The van der Waals surface area contributed by atoms with Gasteiger partial charge in [0.05, 0.1) is 0 Å². The second-order valence-electron chi connectivity index (χ2n) is 8.54. The van der Waals surface area contributed by atoms with Crippen molar-refractivity contribution in [2.45, 2.75) is 43.0 Å². The summed E-state index contributed by atoms with van der Waals surface area (Å²) in [5.41, 5.74) is 10.7. The molecule has 0 amide bonds. The Morgan fingerprint density at radius 3 is 2.62 bits per heavy atom. The van der Waals surface area contributed by atoms with Gasteiger partial charge in [-0.25, -0.2) is 14.4 Å². The van der Waals surface area contributed by atoms with E-state index in [2.05, 4.69) is 15.6 Å². The monoisotopic (exact) mass is 467 g/mol. The molecule has 11 nitrogen and oxygen atoms in total. The molecule has 1 fully saturated rings. The van der Waals surface area contributed by atoms with Crippen molar-refractivity contribution in [3.63, 3.8) is 0 Å². The highest BCUT2D eigenvalue weighted by Crippen LogP contribution is 2.43. The van der Waals surface area contributed by atoms with E-state index in [4.69, 9.17) is 20.9 Å². The number of hydrogen-bond acceptors (Lipinski definition) is 10. The van der Waals surface area contributed by atoms with Crippen LogP contribution in [0.1, 0.15) is 23.7 Å². The van der Waals surface area contributed by atoms with E-state index >= 15 is 0 Å². The first-order valence-electron chi connectivity index (χ1n) is 11.0. The zero-order valence-corrected chi connectivity index (χ0v) is 18.5. The van der Waals surface area contributed by atoms with Gasteiger partial charge in [0.15, 0.2) is 12.1 Å². The van der Waals surface area contributed by atoms with Gasteiger partial charge in [-0.1, -0.05) is 37.3 Å². The van der Waals surface area contributed by atoms with Crippen molar-refractivity contribution in [2.75, 3.05) is 6.54 Å². The van der Waals surface area contributed by atoms with Crippen LogP contribution in [0.5, 0.6) is 11.5 Å². The summed E-state index contributed by atoms with van der Waals surface area (Å²) in [5.74, 6) is -2.26. The van der Waals surface area contributed by atoms with Gasteiger partial charge in [0.1, 0.15) is 35.7 Å². The molecule has 3 aliphatic heterocycles. The summed E-state index contributed by atoms with van der Waals surface area (Å²) in [7, 11) is 0. The van der Waals surface area contributed by atoms with Gasteiger partial charge in [-0.2, -0.15) is 0 Å². The lowest BCUT2D eigenvalue weighted by molar-refractivity contribution is -0.623. The first kappa shape index (κ1) is 22.0. The molecule has 0 saturated carbocycles. The number of para-hydroxylation sites is 2. The Morgan fingerprint density at radius 1 is 1.18 bits per heavy atom. The number of ether oxygens (including phenoxy) is 2. The van der Waals surface area contributed by atoms with Crippen LogP contribution in [0, 0.1) is 0 Å². The molecule has 8 N–H and O–H groups in total. The van der Waals surface area contributed by atoms with Crippen molar-refractivity contribution in [3.05, 3.63) is 60.2 Å². The van der Waals surface area contributed by atoms with E-state index in [1.807, 2.05) is 25.1 Å². The number of benzene rings is 2. The molecule has 2 aromatic rings. The minimum Gasteiger partial charge on any atom is -0.456 e. The number of nitrogens with one attached hydrogen (secondary N) is 2. The predicted octanol–water partition coefficient (Wildman–Crippen LogP) is -0.609. The topological polar surface area (TPSA) is 167 Å². The average Bonchev–Trinajstić information content (AvgIpc) is 3.29. The lowest BCUT2D eigenvalue weighted by Crippen LogP contribution is -2.78. The quantitative estimate of drug-likeness (QED) is 0.191. The SMILES string of the molecule is CC[C@@H]1NC(N)=[N+]2C[C@H](OC(=O)c3ccccc3Oc3ccccc3)C(O)(O)[C@@]23NC(N)=N[C@@H]13. The molecule has 0 aromatic heterocycles. The number of nitrogens with zero attached hydrogens (tertiary/aromatic N) is 2. The molecule has 0 aliphatic carbocycles. The molecule has 0 unspecified atom stereocenters. The van der Waals surface area contributed by atoms with Gasteiger partial charge in [0.25, 0.3) is 5.79 Å². The summed E-state index contributed by atoms with van der Waals surface area (Å²) < 4.78 is 13.0. The van der Waals surface area contributed by atoms with E-state index < -0.39 is 29.6 Å². The van der Waals surface area contributed by atoms with Crippen molar-refractivity contribution in [1.29, 1.82) is 0 Å². The minimum absolute atomic E-state index is 0.0472. The van der Waals surface area contributed by atoms with E-state index in [-0.39, 0.29) is 35.8 Å². The third-order valence-electron chi connectivity index (χ3n) is 6.58. The highest BCUT2D eigenvalue weighted by atomic mass is 16.6. The molecule has 4 atom stereocenters. The number of aliphatic imine (C=N–C) groups is 1. The van der Waals surface area contributed by atoms with Gasteiger partial charge in [-0.15, -0.1) is 0 Å². The first-order valence-corrected chi connectivity index (χ1v) is 11.0. The van der Waals surface area contributed by atoms with Crippen LogP contribution >= 0.6 is 0 Å². The van der Waals surface area contributed by atoms with Gasteiger partial charge in [0, 0.05) is 0 Å². The number of hydrogen-bond donors (Lipinski definition) is 6. The fourth-order valence-electron chi connectivity index (χ4n) is 4.96. The van der Waals surface area contributed by atoms with Crippen molar-refractivity contribution in [3.8, 4) is 11.5 Å². The second kappa shape index (κ2) is 7.89. The van der Waals surface area contributed by atoms with Crippen molar-refractivity contribution in [2.24, 2.45) is 16.5 Å². The van der Waals surface area contributed by atoms with E-state index in [9.17, 15) is 15.0 Å². The van der Waals surface area contributed by atoms with E-state index in [0.717, 1.165) is 0 Å². The van der Waals surface area contributed by atoms with Gasteiger partial charge in [0.2, 0.25) is 5.66 Å². The molecule has 5 rings (SSSR count). The third kappa shape index (κ3) is 3.16. The molecule has 0 radical (unpaired) electrons. The molecular formula is C23H27N6O5+.